The van der Waals surface area contributed by atoms with Crippen LogP contribution in [0, 0.1) is 0 Å². The maximum atomic E-state index is 5.38. The number of aromatic nitrogens is 1. The van der Waals surface area contributed by atoms with Crippen molar-refractivity contribution in [1.29, 1.82) is 0 Å². The molecule has 66 valence electrons. The zero-order chi connectivity index (χ0) is 8.97. The lowest BCUT2D eigenvalue weighted by Crippen LogP contribution is -2.22. The van der Waals surface area contributed by atoms with E-state index in [-0.39, 0.29) is 0 Å². The van der Waals surface area contributed by atoms with Crippen LogP contribution in [0.1, 0.15) is 6.42 Å². The lowest BCUT2D eigenvalue weighted by molar-refractivity contribution is 0.914. The second-order valence-corrected chi connectivity index (χ2v) is 3.85. The van der Waals surface area contributed by atoms with Gasteiger partial charge >= 0.3 is 0 Å². The lowest BCUT2D eigenvalue weighted by Gasteiger charge is -2.14. The number of rotatable bonds is 4. The Kier molecular flexibility index (Phi) is 3.43. The van der Waals surface area contributed by atoms with Crippen molar-refractivity contribution < 1.29 is 0 Å². The summed E-state index contributed by atoms with van der Waals surface area (Å²) in [5, 5.41) is 2.96. The van der Waals surface area contributed by atoms with Crippen LogP contribution in [0.4, 0.5) is 5.13 Å². The number of hydrogen-bond donors (Lipinski definition) is 1. The zero-order valence-corrected chi connectivity index (χ0v) is 8.49. The maximum absolute atomic E-state index is 5.38. The molecule has 12 heavy (non-hydrogen) atoms. The summed E-state index contributed by atoms with van der Waals surface area (Å²) < 4.78 is 0. The molecule has 0 aliphatic heterocycles. The average molecular weight is 201 g/mol. The van der Waals surface area contributed by atoms with E-state index in [4.69, 9.17) is 18.0 Å². The van der Waals surface area contributed by atoms with E-state index in [0.717, 1.165) is 18.1 Å². The number of hydrogen-bond acceptors (Lipinski definition) is 4. The Morgan fingerprint density at radius 3 is 3.08 bits per heavy atom. The van der Waals surface area contributed by atoms with Gasteiger partial charge in [0.1, 0.15) is 0 Å². The first-order chi connectivity index (χ1) is 5.70. The first kappa shape index (κ1) is 9.41. The summed E-state index contributed by atoms with van der Waals surface area (Å²) in [4.78, 5) is 6.75. The molecule has 0 amide bonds. The van der Waals surface area contributed by atoms with E-state index in [2.05, 4.69) is 4.98 Å². The van der Waals surface area contributed by atoms with Gasteiger partial charge < -0.3 is 10.6 Å². The van der Waals surface area contributed by atoms with Crippen molar-refractivity contribution in [1.82, 2.24) is 4.98 Å². The van der Waals surface area contributed by atoms with Gasteiger partial charge in [-0.05, 0) is 0 Å². The van der Waals surface area contributed by atoms with Crippen molar-refractivity contribution in [2.24, 2.45) is 5.73 Å². The molecule has 3 nitrogen and oxygen atoms in total. The molecule has 0 spiro atoms. The van der Waals surface area contributed by atoms with Crippen LogP contribution in [0.2, 0.25) is 0 Å². The van der Waals surface area contributed by atoms with E-state index in [1.807, 2.05) is 17.3 Å². The number of thiocarbonyl (C=S) groups is 1. The van der Waals surface area contributed by atoms with Gasteiger partial charge in [0.25, 0.3) is 0 Å². The van der Waals surface area contributed by atoms with Crippen LogP contribution in [-0.2, 0) is 0 Å². The van der Waals surface area contributed by atoms with Gasteiger partial charge in [0.2, 0.25) is 0 Å². The normalized spacial score (nSPS) is 9.75. The molecule has 0 radical (unpaired) electrons. The second kappa shape index (κ2) is 4.37. The van der Waals surface area contributed by atoms with Crippen molar-refractivity contribution in [2.45, 2.75) is 6.42 Å². The highest BCUT2D eigenvalue weighted by molar-refractivity contribution is 7.80. The fourth-order valence-electron chi connectivity index (χ4n) is 0.778. The summed E-state index contributed by atoms with van der Waals surface area (Å²) in [5.74, 6) is 0. The molecule has 0 aliphatic carbocycles. The molecule has 0 aliphatic rings. The zero-order valence-electron chi connectivity index (χ0n) is 6.86. The van der Waals surface area contributed by atoms with Gasteiger partial charge in [-0.15, -0.1) is 11.3 Å². The van der Waals surface area contributed by atoms with Crippen LogP contribution in [-0.4, -0.2) is 23.6 Å². The Labute approximate surface area is 81.2 Å². The highest BCUT2D eigenvalue weighted by atomic mass is 32.1. The summed E-state index contributed by atoms with van der Waals surface area (Å²) in [7, 11) is 1.98. The molecular weight excluding hydrogens is 190 g/mol. The number of nitrogens with two attached hydrogens (primary N) is 1. The van der Waals surface area contributed by atoms with Crippen LogP contribution in [0.15, 0.2) is 11.6 Å². The largest absolute Gasteiger partial charge is 0.393 e. The quantitative estimate of drug-likeness (QED) is 0.745. The molecule has 1 aromatic rings. The molecule has 0 fully saturated rings. The molecule has 5 heteroatoms. The summed E-state index contributed by atoms with van der Waals surface area (Å²) >= 11 is 6.39. The minimum atomic E-state index is 0.554. The van der Waals surface area contributed by atoms with Gasteiger partial charge in [-0.2, -0.15) is 0 Å². The van der Waals surface area contributed by atoms with Gasteiger partial charge in [-0.25, -0.2) is 4.98 Å². The monoisotopic (exact) mass is 201 g/mol. The molecule has 2 N–H and O–H groups in total. The Morgan fingerprint density at radius 1 is 1.83 bits per heavy atom. The molecule has 0 bridgehead atoms. The second-order valence-electron chi connectivity index (χ2n) is 2.45. The van der Waals surface area contributed by atoms with E-state index in [1.54, 1.807) is 17.5 Å². The van der Waals surface area contributed by atoms with E-state index in [1.165, 1.54) is 0 Å². The predicted molar refractivity (Wildman–Crippen MR) is 56.8 cm³/mol. The van der Waals surface area contributed by atoms with Crippen molar-refractivity contribution in [3.05, 3.63) is 11.6 Å². The molecule has 1 heterocycles. The summed E-state index contributed by atoms with van der Waals surface area (Å²) in [5.41, 5.74) is 5.38. The summed E-state index contributed by atoms with van der Waals surface area (Å²) in [6.45, 7) is 0.836. The smallest absolute Gasteiger partial charge is 0.184 e. The van der Waals surface area contributed by atoms with Gasteiger partial charge in [0.15, 0.2) is 5.13 Å². The fraction of sp³-hybridized carbons (Fsp3) is 0.429. The topological polar surface area (TPSA) is 42.1 Å². The van der Waals surface area contributed by atoms with E-state index < -0.39 is 0 Å². The number of nitrogens with zero attached hydrogens (tertiary/aromatic N) is 2. The first-order valence-corrected chi connectivity index (χ1v) is 4.88. The third-order valence-corrected chi connectivity index (χ3v) is 2.53. The highest BCUT2D eigenvalue weighted by Crippen LogP contribution is 2.15. The van der Waals surface area contributed by atoms with Crippen LogP contribution in [0.25, 0.3) is 0 Å². The summed E-state index contributed by atoms with van der Waals surface area (Å²) in [6.07, 6.45) is 2.53. The van der Waals surface area contributed by atoms with Crippen molar-refractivity contribution in [3.63, 3.8) is 0 Å². The SMILES string of the molecule is CN(CCC(N)=S)c1nccs1. The van der Waals surface area contributed by atoms with Gasteiger partial charge in [-0.1, -0.05) is 12.2 Å². The Balaban J connectivity index is 2.39. The molecule has 1 aromatic heterocycles. The van der Waals surface area contributed by atoms with Gasteiger partial charge in [0, 0.05) is 31.6 Å². The number of thiazole rings is 1. The van der Waals surface area contributed by atoms with Crippen molar-refractivity contribution in [2.75, 3.05) is 18.5 Å². The third kappa shape index (κ3) is 2.75. The number of anilines is 1. The first-order valence-electron chi connectivity index (χ1n) is 3.59. The summed E-state index contributed by atoms with van der Waals surface area (Å²) in [6, 6.07) is 0. The highest BCUT2D eigenvalue weighted by Gasteiger charge is 2.02. The average Bonchev–Trinajstić information content (AvgIpc) is 2.51. The minimum Gasteiger partial charge on any atom is -0.393 e. The standard InChI is InChI=1S/C7H11N3S2/c1-10(4-2-6(8)11)7-9-3-5-12-7/h3,5H,2,4H2,1H3,(H2,8,11). The Hall–Kier alpha value is -0.680. The van der Waals surface area contributed by atoms with E-state index >= 15 is 0 Å². The van der Waals surface area contributed by atoms with E-state index in [9.17, 15) is 0 Å². The molecular formula is C7H11N3S2. The molecule has 0 saturated carbocycles. The van der Waals surface area contributed by atoms with Crippen LogP contribution < -0.4 is 10.6 Å². The predicted octanol–water partition coefficient (Wildman–Crippen LogP) is 1.26. The van der Waals surface area contributed by atoms with Crippen molar-refractivity contribution >= 4 is 33.7 Å². The fourth-order valence-corrected chi connectivity index (χ4v) is 1.51. The molecule has 1 rings (SSSR count). The van der Waals surface area contributed by atoms with E-state index in [0.29, 0.717) is 4.99 Å². The molecule has 0 saturated heterocycles. The lowest BCUT2D eigenvalue weighted by atomic mass is 10.4. The Morgan fingerprint density at radius 2 is 2.58 bits per heavy atom. The minimum absolute atomic E-state index is 0.554. The maximum Gasteiger partial charge on any atom is 0.184 e. The molecule has 0 atom stereocenters. The third-order valence-electron chi connectivity index (χ3n) is 1.44. The molecule has 0 unspecified atom stereocenters. The van der Waals surface area contributed by atoms with Gasteiger partial charge in [0.05, 0.1) is 4.99 Å². The molecule has 0 aromatic carbocycles. The van der Waals surface area contributed by atoms with Crippen LogP contribution >= 0.6 is 23.6 Å². The van der Waals surface area contributed by atoms with Crippen LogP contribution in [0.5, 0.6) is 0 Å². The van der Waals surface area contributed by atoms with Crippen LogP contribution in [0.3, 0.4) is 0 Å². The Bertz CT molecular complexity index is 245. The van der Waals surface area contributed by atoms with Crippen molar-refractivity contribution in [3.8, 4) is 0 Å². The van der Waals surface area contributed by atoms with Gasteiger partial charge in [-0.3, -0.25) is 0 Å².